The van der Waals surface area contributed by atoms with Gasteiger partial charge in [0.05, 0.1) is 13.2 Å². The van der Waals surface area contributed by atoms with Gasteiger partial charge in [-0.3, -0.25) is 18.2 Å². The number of hydrogen-bond acceptors (Lipinski definition) is 22. The zero-order valence-corrected chi connectivity index (χ0v) is 46.4. The largest absolute Gasteiger partial charge is 1.00 e. The molecule has 392 valence electrons. The summed E-state index contributed by atoms with van der Waals surface area (Å²) in [6.07, 6.45) is 2.14. The van der Waals surface area contributed by atoms with E-state index in [9.17, 15) is 80.0 Å². The number of hydrogen-bond donors (Lipinski definition) is 10. The van der Waals surface area contributed by atoms with E-state index in [0.717, 1.165) is 51.4 Å². The van der Waals surface area contributed by atoms with Crippen LogP contribution in [0, 0.1) is 0 Å². The predicted octanol–water partition coefficient (Wildman–Crippen LogP) is -3.24. The van der Waals surface area contributed by atoms with E-state index in [1.54, 1.807) is 0 Å². The number of rotatable bonds is 36. The van der Waals surface area contributed by atoms with Crippen LogP contribution < -0.4 is 69.3 Å². The second-order valence-electron chi connectivity index (χ2n) is 16.9. The molecule has 2 saturated heterocycles. The zero-order valence-electron chi connectivity index (χ0n) is 40.6. The fourth-order valence-electron chi connectivity index (χ4n) is 7.16. The van der Waals surface area contributed by atoms with Crippen LogP contribution in [0.5, 0.6) is 0 Å². The van der Waals surface area contributed by atoms with Gasteiger partial charge in [0.25, 0.3) is 0 Å². The van der Waals surface area contributed by atoms with Crippen molar-refractivity contribution in [1.82, 2.24) is 0 Å². The molecule has 0 bridgehead atoms. The Kier molecular flexibility index (Phi) is 41.8. The van der Waals surface area contributed by atoms with Gasteiger partial charge >= 0.3 is 74.3 Å². The first-order valence-electron chi connectivity index (χ1n) is 23.7. The molecule has 26 heteroatoms. The molecule has 10 N–H and O–H groups in total. The first kappa shape index (κ1) is 70.8. The van der Waals surface area contributed by atoms with Gasteiger partial charge in [0.2, 0.25) is 0 Å². The van der Waals surface area contributed by atoms with Gasteiger partial charge in [0.15, 0.2) is 36.6 Å². The molecular weight excluding hydrogens is 964 g/mol. The molecule has 2 heterocycles. The smallest absolute Gasteiger partial charge is 0.538 e. The van der Waals surface area contributed by atoms with Gasteiger partial charge in [-0.25, -0.2) is 0 Å². The van der Waals surface area contributed by atoms with Crippen molar-refractivity contribution < 1.29 is 167 Å². The molecule has 2 rings (SSSR count). The number of carbonyl (C=O) groups excluding carboxylic acids is 2. The molecule has 22 nitrogen and oxygen atoms in total. The molecule has 0 aliphatic carbocycles. The fourth-order valence-corrected chi connectivity index (χ4v) is 9.21. The summed E-state index contributed by atoms with van der Waals surface area (Å²) in [6, 6.07) is 0. The minimum absolute atomic E-state index is 0. The van der Waals surface area contributed by atoms with Gasteiger partial charge < -0.3 is 89.4 Å². The van der Waals surface area contributed by atoms with E-state index in [0.29, 0.717) is 12.8 Å². The summed E-state index contributed by atoms with van der Waals surface area (Å²) in [5.41, 5.74) is -4.38. The monoisotopic (exact) mass is 1040 g/mol. The van der Waals surface area contributed by atoms with Crippen molar-refractivity contribution in [1.29, 1.82) is 0 Å². The number of ether oxygens (including phenoxy) is 2. The number of carbonyl (C=O) groups is 2. The SMILES string of the molecule is CCCCCCCCCCCCCCOP(=O)(OC(O)[C@H]1O[C@H](O)[C@H](O)[C@@H](O)[C@@H]1O)C(=O)[O-].CCCCCCCCCCCCCCOP(=O)(OC(O)[C@H]1O[C@H](O)[C@H](O)[C@@H](O)[C@@H]1O)C(=O)[O-].[Na+].[Na+]. The van der Waals surface area contributed by atoms with Gasteiger partial charge in [-0.05, 0) is 12.8 Å². The van der Waals surface area contributed by atoms with Crippen molar-refractivity contribution in [3.63, 3.8) is 0 Å². The number of carboxylic acid groups (broad SMARTS) is 2. The van der Waals surface area contributed by atoms with Gasteiger partial charge in [0.1, 0.15) is 48.8 Å². The molecule has 0 spiro atoms. The second kappa shape index (κ2) is 40.1. The van der Waals surface area contributed by atoms with Crippen LogP contribution in [0.25, 0.3) is 0 Å². The summed E-state index contributed by atoms with van der Waals surface area (Å²) >= 11 is 0. The molecule has 0 aromatic heterocycles. The van der Waals surface area contributed by atoms with E-state index in [2.05, 4.69) is 22.9 Å². The Morgan fingerprint density at radius 1 is 0.441 bits per heavy atom. The van der Waals surface area contributed by atoms with E-state index in [4.69, 9.17) is 18.5 Å². The minimum atomic E-state index is -4.94. The molecule has 0 amide bonds. The van der Waals surface area contributed by atoms with Crippen molar-refractivity contribution in [3.8, 4) is 0 Å². The molecule has 2 aliphatic heterocycles. The standard InChI is InChI=1S/2C21H41O11P.2Na/c2*1-2-3-4-5-6-7-8-9-10-11-12-13-14-30-33(29,21(27)28)32-20(26)18-16(23)15(22)17(24)19(25)31-18;;/h2*15-20,22-26H,2-14H2,1H3,(H,27,28);;/q;;2*+1/p-2/t2*15-,16-,17+,18-,19-,20?,33?;;/m00../s1. The Bertz CT molecular complexity index is 1290. The topological polar surface area (TPSA) is 372 Å². The van der Waals surface area contributed by atoms with Crippen LogP contribution >= 0.6 is 15.2 Å². The third-order valence-corrected chi connectivity index (χ3v) is 14.2. The third-order valence-electron chi connectivity index (χ3n) is 11.3. The van der Waals surface area contributed by atoms with Crippen molar-refractivity contribution in [2.24, 2.45) is 0 Å². The summed E-state index contributed by atoms with van der Waals surface area (Å²) in [7, 11) is -9.88. The van der Waals surface area contributed by atoms with Gasteiger partial charge in [-0.2, -0.15) is 0 Å². The average molecular weight is 1050 g/mol. The maximum atomic E-state index is 12.4. The molecule has 0 aromatic carbocycles. The van der Waals surface area contributed by atoms with Crippen LogP contribution in [-0.2, 0) is 36.7 Å². The van der Waals surface area contributed by atoms with Crippen LogP contribution in [0.15, 0.2) is 0 Å². The van der Waals surface area contributed by atoms with Gasteiger partial charge in [-0.15, -0.1) is 0 Å². The zero-order chi connectivity index (χ0) is 49.7. The molecule has 4 unspecified atom stereocenters. The van der Waals surface area contributed by atoms with Gasteiger partial charge in [-0.1, -0.05) is 155 Å². The normalized spacial score (nSPS) is 27.5. The first-order chi connectivity index (χ1) is 31.3. The minimum Gasteiger partial charge on any atom is -0.538 e. The summed E-state index contributed by atoms with van der Waals surface area (Å²) in [4.78, 5) is 22.5. The molecule has 0 radical (unpaired) electrons. The van der Waals surface area contributed by atoms with E-state index < -0.39 is 101 Å². The Labute approximate surface area is 445 Å². The summed E-state index contributed by atoms with van der Waals surface area (Å²) in [5.74, 6) is 0. The summed E-state index contributed by atoms with van der Waals surface area (Å²) in [5, 5.41) is 119. The van der Waals surface area contributed by atoms with Crippen molar-refractivity contribution in [2.75, 3.05) is 13.2 Å². The fraction of sp³-hybridized carbons (Fsp3) is 0.952. The Hall–Kier alpha value is 0.760. The molecule has 0 saturated carbocycles. The molecule has 68 heavy (non-hydrogen) atoms. The molecular formula is C42H80Na2O22P2. The first-order valence-corrected chi connectivity index (χ1v) is 26.8. The summed E-state index contributed by atoms with van der Waals surface area (Å²) < 4.78 is 53.2. The number of aliphatic hydroxyl groups excluding tert-OH is 10. The van der Waals surface area contributed by atoms with E-state index in [1.807, 2.05) is 0 Å². The van der Waals surface area contributed by atoms with E-state index >= 15 is 0 Å². The number of unbranched alkanes of at least 4 members (excludes halogenated alkanes) is 22. The molecule has 2 aliphatic rings. The van der Waals surface area contributed by atoms with Gasteiger partial charge in [0, 0.05) is 0 Å². The van der Waals surface area contributed by atoms with E-state index in [-0.39, 0.29) is 72.3 Å². The van der Waals surface area contributed by atoms with Crippen LogP contribution in [0.1, 0.15) is 168 Å². The van der Waals surface area contributed by atoms with Crippen LogP contribution in [0.2, 0.25) is 0 Å². The van der Waals surface area contributed by atoms with Crippen molar-refractivity contribution in [2.45, 2.75) is 242 Å². The Morgan fingerprint density at radius 2 is 0.676 bits per heavy atom. The van der Waals surface area contributed by atoms with E-state index in [1.165, 1.54) is 89.9 Å². The Balaban J connectivity index is 0. The maximum Gasteiger partial charge on any atom is 1.00 e. The third kappa shape index (κ3) is 27.3. The maximum absolute atomic E-state index is 12.4. The van der Waals surface area contributed by atoms with Crippen LogP contribution in [0.4, 0.5) is 9.59 Å². The number of aliphatic hydroxyl groups is 10. The summed E-state index contributed by atoms with van der Waals surface area (Å²) in [6.45, 7) is 3.96. The molecule has 0 aromatic rings. The van der Waals surface area contributed by atoms with Crippen LogP contribution in [-0.4, -0.2) is 150 Å². The average Bonchev–Trinajstić information content (AvgIpc) is 3.27. The predicted molar refractivity (Wildman–Crippen MR) is 232 cm³/mol. The van der Waals surface area contributed by atoms with Crippen molar-refractivity contribution in [3.05, 3.63) is 0 Å². The molecule has 14 atom stereocenters. The molecule has 2 fully saturated rings. The quantitative estimate of drug-likeness (QED) is 0.0128. The van der Waals surface area contributed by atoms with Crippen LogP contribution in [0.3, 0.4) is 0 Å². The second-order valence-corrected chi connectivity index (χ2v) is 20.5. The van der Waals surface area contributed by atoms with Crippen molar-refractivity contribution >= 4 is 26.6 Å². The Morgan fingerprint density at radius 3 is 0.912 bits per heavy atom.